The van der Waals surface area contributed by atoms with Crippen LogP contribution in [0.5, 0.6) is 0 Å². The van der Waals surface area contributed by atoms with E-state index in [9.17, 15) is 5.11 Å². The van der Waals surface area contributed by atoms with Crippen molar-refractivity contribution in [2.24, 2.45) is 11.8 Å². The lowest BCUT2D eigenvalue weighted by Crippen LogP contribution is -2.59. The predicted octanol–water partition coefficient (Wildman–Crippen LogP) is 1.97. The number of hydrogen-bond acceptors (Lipinski definition) is 4. The number of fused-ring (bicyclic) bond motifs is 3. The Balaban J connectivity index is 1.98. The quantitative estimate of drug-likeness (QED) is 0.644. The predicted molar refractivity (Wildman–Crippen MR) is 56.1 cm³/mol. The van der Waals surface area contributed by atoms with Crippen LogP contribution in [0.2, 0.25) is 0 Å². The maximum Gasteiger partial charge on any atom is 0.201 e. The van der Waals surface area contributed by atoms with Gasteiger partial charge < -0.3 is 9.84 Å². The summed E-state index contributed by atoms with van der Waals surface area (Å²) in [6.07, 6.45) is 4.06. The van der Waals surface area contributed by atoms with Gasteiger partial charge in [-0.25, -0.2) is 9.78 Å². The fraction of sp³-hybridized carbons (Fsp3) is 1.00. The van der Waals surface area contributed by atoms with Gasteiger partial charge in [-0.3, -0.25) is 0 Å². The second kappa shape index (κ2) is 3.42. The van der Waals surface area contributed by atoms with Crippen LogP contribution in [0.4, 0.5) is 0 Å². The molecule has 4 nitrogen and oxygen atoms in total. The molecular weight excluding hydrogens is 208 g/mol. The zero-order chi connectivity index (χ0) is 11.4. The van der Waals surface area contributed by atoms with Gasteiger partial charge in [-0.2, -0.15) is 0 Å². The molecule has 1 saturated carbocycles. The highest BCUT2D eigenvalue weighted by Crippen LogP contribution is 2.52. The number of ether oxygens (including phenoxy) is 1. The van der Waals surface area contributed by atoms with Crippen molar-refractivity contribution in [1.82, 2.24) is 0 Å². The van der Waals surface area contributed by atoms with Crippen LogP contribution in [0.1, 0.15) is 46.0 Å². The highest BCUT2D eigenvalue weighted by molar-refractivity contribution is 5.00. The van der Waals surface area contributed by atoms with E-state index in [1.165, 1.54) is 6.42 Å². The molecule has 0 amide bonds. The SMILES string of the molecule is C[C@@H]1CCC[C@]23OO[C@](C)(CCC12)OC3O. The van der Waals surface area contributed by atoms with Gasteiger partial charge >= 0.3 is 0 Å². The maximum atomic E-state index is 10.2. The average Bonchev–Trinajstić information content (AvgIpc) is 2.44. The first-order valence-electron chi connectivity index (χ1n) is 6.28. The molecule has 16 heavy (non-hydrogen) atoms. The van der Waals surface area contributed by atoms with E-state index >= 15 is 0 Å². The lowest BCUT2D eigenvalue weighted by molar-refractivity contribution is -0.547. The third-order valence-electron chi connectivity index (χ3n) is 4.60. The topological polar surface area (TPSA) is 47.9 Å². The average molecular weight is 228 g/mol. The van der Waals surface area contributed by atoms with Crippen LogP contribution >= 0.6 is 0 Å². The smallest absolute Gasteiger partial charge is 0.201 e. The van der Waals surface area contributed by atoms with Gasteiger partial charge in [0.2, 0.25) is 5.79 Å². The van der Waals surface area contributed by atoms with Crippen molar-refractivity contribution in [1.29, 1.82) is 0 Å². The second-order valence-corrected chi connectivity index (χ2v) is 5.74. The van der Waals surface area contributed by atoms with E-state index in [1.54, 1.807) is 0 Å². The van der Waals surface area contributed by atoms with E-state index in [2.05, 4.69) is 6.92 Å². The Hall–Kier alpha value is -0.160. The first kappa shape index (κ1) is 11.0. The van der Waals surface area contributed by atoms with Gasteiger partial charge in [0.1, 0.15) is 0 Å². The first-order chi connectivity index (χ1) is 7.56. The molecule has 0 aromatic heterocycles. The number of hydrogen-bond donors (Lipinski definition) is 1. The van der Waals surface area contributed by atoms with Gasteiger partial charge in [0.05, 0.1) is 0 Å². The molecule has 4 aliphatic rings. The number of rotatable bonds is 0. The molecule has 4 heteroatoms. The van der Waals surface area contributed by atoms with Crippen molar-refractivity contribution in [3.05, 3.63) is 0 Å². The lowest BCUT2D eigenvalue weighted by Gasteiger charge is -2.49. The molecule has 3 heterocycles. The molecule has 4 rings (SSSR count). The normalized spacial score (nSPS) is 56.8. The van der Waals surface area contributed by atoms with Gasteiger partial charge in [0, 0.05) is 6.42 Å². The van der Waals surface area contributed by atoms with Crippen LogP contribution in [0.25, 0.3) is 0 Å². The molecule has 1 spiro atoms. The summed E-state index contributed by atoms with van der Waals surface area (Å²) in [6.45, 7) is 4.08. The molecule has 5 atom stereocenters. The summed E-state index contributed by atoms with van der Waals surface area (Å²) in [4.78, 5) is 11.0. The minimum absolute atomic E-state index is 0.348. The highest BCUT2D eigenvalue weighted by atomic mass is 17.3. The Morgan fingerprint density at radius 3 is 2.75 bits per heavy atom. The number of aliphatic hydroxyl groups is 1. The van der Waals surface area contributed by atoms with Crippen molar-refractivity contribution < 1.29 is 19.6 Å². The molecule has 1 N–H and O–H groups in total. The first-order valence-corrected chi connectivity index (χ1v) is 6.28. The van der Waals surface area contributed by atoms with Gasteiger partial charge in [0.15, 0.2) is 11.9 Å². The summed E-state index contributed by atoms with van der Waals surface area (Å²) in [5.41, 5.74) is -0.617. The Morgan fingerprint density at radius 2 is 2.00 bits per heavy atom. The Kier molecular flexibility index (Phi) is 2.34. The minimum atomic E-state index is -0.846. The molecule has 3 aliphatic heterocycles. The molecule has 2 unspecified atom stereocenters. The zero-order valence-corrected chi connectivity index (χ0v) is 9.94. The fourth-order valence-corrected chi connectivity index (χ4v) is 3.59. The third kappa shape index (κ3) is 1.37. The largest absolute Gasteiger partial charge is 0.365 e. The van der Waals surface area contributed by atoms with Crippen LogP contribution in [0, 0.1) is 11.8 Å². The number of aliphatic hydroxyl groups excluding tert-OH is 1. The lowest BCUT2D eigenvalue weighted by atomic mass is 9.67. The summed E-state index contributed by atoms with van der Waals surface area (Å²) < 4.78 is 5.61. The molecule has 3 saturated heterocycles. The standard InChI is InChI=1S/C12H20O4/c1-8-4-3-6-12-9(8)5-7-11(2,15-16-12)14-10(12)13/h8-10,13H,3-7H2,1-2H3/t8-,9?,10?,11-,12+/m1/s1. The molecule has 1 aliphatic carbocycles. The van der Waals surface area contributed by atoms with Crippen LogP contribution in [-0.4, -0.2) is 22.8 Å². The van der Waals surface area contributed by atoms with Gasteiger partial charge in [-0.15, -0.1) is 0 Å². The highest BCUT2D eigenvalue weighted by Gasteiger charge is 2.60. The monoisotopic (exact) mass is 228 g/mol. The molecular formula is C12H20O4. The fourth-order valence-electron chi connectivity index (χ4n) is 3.59. The molecule has 0 aromatic rings. The van der Waals surface area contributed by atoms with Crippen LogP contribution in [-0.2, 0) is 14.5 Å². The second-order valence-electron chi connectivity index (χ2n) is 5.74. The minimum Gasteiger partial charge on any atom is -0.365 e. The van der Waals surface area contributed by atoms with Gasteiger partial charge in [0.25, 0.3) is 0 Å². The Labute approximate surface area is 95.8 Å². The molecule has 0 aromatic carbocycles. The Morgan fingerprint density at radius 1 is 1.19 bits per heavy atom. The van der Waals surface area contributed by atoms with Crippen molar-refractivity contribution in [2.75, 3.05) is 0 Å². The summed E-state index contributed by atoms with van der Waals surface area (Å²) in [7, 11) is 0. The van der Waals surface area contributed by atoms with Gasteiger partial charge in [-0.05, 0) is 38.0 Å². The van der Waals surface area contributed by atoms with Crippen LogP contribution in [0.15, 0.2) is 0 Å². The Bertz CT molecular complexity index is 295. The van der Waals surface area contributed by atoms with Crippen molar-refractivity contribution in [3.8, 4) is 0 Å². The van der Waals surface area contributed by atoms with E-state index < -0.39 is 17.7 Å². The van der Waals surface area contributed by atoms with E-state index in [0.717, 1.165) is 25.7 Å². The summed E-state index contributed by atoms with van der Waals surface area (Å²) in [5.74, 6) is 0.151. The molecule has 92 valence electrons. The molecule has 4 fully saturated rings. The summed E-state index contributed by atoms with van der Waals surface area (Å²) in [5, 5.41) is 10.2. The zero-order valence-electron chi connectivity index (χ0n) is 9.94. The third-order valence-corrected chi connectivity index (χ3v) is 4.60. The van der Waals surface area contributed by atoms with E-state index in [0.29, 0.717) is 11.8 Å². The van der Waals surface area contributed by atoms with Crippen molar-refractivity contribution in [3.63, 3.8) is 0 Å². The summed E-state index contributed by atoms with van der Waals surface area (Å²) >= 11 is 0. The summed E-state index contributed by atoms with van der Waals surface area (Å²) in [6, 6.07) is 0. The van der Waals surface area contributed by atoms with Crippen LogP contribution in [0.3, 0.4) is 0 Å². The van der Waals surface area contributed by atoms with Gasteiger partial charge in [-0.1, -0.05) is 13.3 Å². The molecule has 2 bridgehead atoms. The van der Waals surface area contributed by atoms with Crippen molar-refractivity contribution >= 4 is 0 Å². The van der Waals surface area contributed by atoms with Crippen LogP contribution < -0.4 is 0 Å². The van der Waals surface area contributed by atoms with E-state index in [-0.39, 0.29) is 0 Å². The van der Waals surface area contributed by atoms with E-state index in [4.69, 9.17) is 14.5 Å². The maximum absolute atomic E-state index is 10.2. The molecule has 0 radical (unpaired) electrons. The van der Waals surface area contributed by atoms with Crippen molar-refractivity contribution in [2.45, 2.75) is 63.6 Å². The van der Waals surface area contributed by atoms with E-state index in [1.807, 2.05) is 6.92 Å².